The van der Waals surface area contributed by atoms with Gasteiger partial charge < -0.3 is 0 Å². The van der Waals surface area contributed by atoms with Crippen molar-refractivity contribution in [2.45, 2.75) is 6.92 Å². The minimum absolute atomic E-state index is 0.0560. The average Bonchev–Trinajstić information content (AvgIpc) is 2.09. The highest BCUT2D eigenvalue weighted by Crippen LogP contribution is 2.21. The predicted octanol–water partition coefficient (Wildman–Crippen LogP) is 3.24. The maximum atomic E-state index is 10.4. The average molecular weight is 322 g/mol. The first-order valence-electron chi connectivity index (χ1n) is 3.64. The second kappa shape index (κ2) is 4.65. The Labute approximate surface area is 97.4 Å². The molecule has 1 heterocycles. The number of hydrogen-bond acceptors (Lipinski definition) is 3. The number of nitro groups is 1. The summed E-state index contributed by atoms with van der Waals surface area (Å²) in [4.78, 5) is 13.9. The number of halogens is 2. The molecule has 0 spiro atoms. The van der Waals surface area contributed by atoms with Crippen LogP contribution in [-0.4, -0.2) is 9.91 Å². The number of pyridine rings is 1. The first-order chi connectivity index (χ1) is 6.50. The SMILES string of the molecule is CC(=Cc1ncc(Br)cc1Br)[N+](=O)[O-]. The predicted molar refractivity (Wildman–Crippen MR) is 60.3 cm³/mol. The van der Waals surface area contributed by atoms with Gasteiger partial charge >= 0.3 is 0 Å². The van der Waals surface area contributed by atoms with E-state index in [0.717, 1.165) is 4.47 Å². The topological polar surface area (TPSA) is 56.0 Å². The first-order valence-corrected chi connectivity index (χ1v) is 5.23. The van der Waals surface area contributed by atoms with Gasteiger partial charge in [-0.3, -0.25) is 15.1 Å². The molecule has 0 aliphatic carbocycles. The number of nitrogens with zero attached hydrogens (tertiary/aromatic N) is 2. The molecule has 0 aromatic carbocycles. The maximum Gasteiger partial charge on any atom is 0.245 e. The summed E-state index contributed by atoms with van der Waals surface area (Å²) in [6, 6.07) is 1.78. The van der Waals surface area contributed by atoms with Gasteiger partial charge in [0.1, 0.15) is 0 Å². The van der Waals surface area contributed by atoms with E-state index >= 15 is 0 Å². The molecule has 0 saturated carbocycles. The van der Waals surface area contributed by atoms with Gasteiger partial charge in [-0.05, 0) is 37.9 Å². The Morgan fingerprint density at radius 2 is 2.29 bits per heavy atom. The van der Waals surface area contributed by atoms with Crippen molar-refractivity contribution < 1.29 is 4.92 Å². The van der Waals surface area contributed by atoms with Crippen LogP contribution in [0.2, 0.25) is 0 Å². The van der Waals surface area contributed by atoms with E-state index < -0.39 is 4.92 Å². The largest absolute Gasteiger partial charge is 0.259 e. The number of aromatic nitrogens is 1. The van der Waals surface area contributed by atoms with Gasteiger partial charge in [-0.1, -0.05) is 0 Å². The Kier molecular flexibility index (Phi) is 3.77. The van der Waals surface area contributed by atoms with Crippen molar-refractivity contribution >= 4 is 37.9 Å². The van der Waals surface area contributed by atoms with Crippen molar-refractivity contribution in [2.24, 2.45) is 0 Å². The lowest BCUT2D eigenvalue weighted by atomic mass is 10.3. The van der Waals surface area contributed by atoms with E-state index in [4.69, 9.17) is 0 Å². The van der Waals surface area contributed by atoms with E-state index in [2.05, 4.69) is 36.8 Å². The Balaban J connectivity index is 3.09. The Morgan fingerprint density at radius 1 is 1.64 bits per heavy atom. The summed E-state index contributed by atoms with van der Waals surface area (Å²) in [5.74, 6) is 0. The molecule has 1 rings (SSSR count). The number of rotatable bonds is 2. The Morgan fingerprint density at radius 3 is 2.79 bits per heavy atom. The zero-order valence-corrected chi connectivity index (χ0v) is 10.4. The third-order valence-corrected chi connectivity index (χ3v) is 2.54. The fourth-order valence-corrected chi connectivity index (χ4v) is 1.88. The van der Waals surface area contributed by atoms with Gasteiger partial charge in [0.05, 0.1) is 10.6 Å². The lowest BCUT2D eigenvalue weighted by Gasteiger charge is -1.97. The molecular formula is C8H6Br2N2O2. The van der Waals surface area contributed by atoms with Crippen LogP contribution < -0.4 is 0 Å². The number of allylic oxidation sites excluding steroid dienone is 1. The van der Waals surface area contributed by atoms with Gasteiger partial charge in [-0.2, -0.15) is 0 Å². The van der Waals surface area contributed by atoms with Crippen molar-refractivity contribution in [3.05, 3.63) is 42.7 Å². The molecule has 0 fully saturated rings. The molecule has 0 aliphatic heterocycles. The van der Waals surface area contributed by atoms with Gasteiger partial charge in [-0.25, -0.2) is 0 Å². The summed E-state index contributed by atoms with van der Waals surface area (Å²) in [6.07, 6.45) is 3.00. The molecule has 4 nitrogen and oxygen atoms in total. The molecule has 0 bridgehead atoms. The third-order valence-electron chi connectivity index (χ3n) is 1.47. The van der Waals surface area contributed by atoms with Crippen LogP contribution in [0.25, 0.3) is 6.08 Å². The molecule has 0 atom stereocenters. The van der Waals surface area contributed by atoms with Gasteiger partial charge in [0, 0.05) is 28.1 Å². The van der Waals surface area contributed by atoms with Gasteiger partial charge in [0.15, 0.2) is 0 Å². The minimum atomic E-state index is -0.448. The van der Waals surface area contributed by atoms with E-state index in [1.54, 1.807) is 12.3 Å². The Hall–Kier alpha value is -0.750. The normalized spacial score (nSPS) is 11.5. The van der Waals surface area contributed by atoms with E-state index in [1.807, 2.05) is 0 Å². The molecule has 0 amide bonds. The molecule has 1 aromatic heterocycles. The van der Waals surface area contributed by atoms with Crippen LogP contribution in [0, 0.1) is 10.1 Å². The van der Waals surface area contributed by atoms with Gasteiger partial charge in [-0.15, -0.1) is 0 Å². The molecule has 6 heteroatoms. The van der Waals surface area contributed by atoms with E-state index in [1.165, 1.54) is 13.0 Å². The van der Waals surface area contributed by atoms with Gasteiger partial charge in [0.25, 0.3) is 0 Å². The number of hydrogen-bond donors (Lipinski definition) is 0. The molecule has 0 radical (unpaired) electrons. The fraction of sp³-hybridized carbons (Fsp3) is 0.125. The highest BCUT2D eigenvalue weighted by molar-refractivity contribution is 9.11. The summed E-state index contributed by atoms with van der Waals surface area (Å²) in [5.41, 5.74) is 0.600. The van der Waals surface area contributed by atoms with Gasteiger partial charge in [0.2, 0.25) is 5.70 Å². The Bertz CT molecular complexity index is 404. The molecule has 0 saturated heterocycles. The van der Waals surface area contributed by atoms with E-state index in [-0.39, 0.29) is 5.70 Å². The second-order valence-electron chi connectivity index (χ2n) is 2.56. The molecule has 0 N–H and O–H groups in total. The monoisotopic (exact) mass is 320 g/mol. The summed E-state index contributed by atoms with van der Waals surface area (Å²) in [5, 5.41) is 10.4. The summed E-state index contributed by atoms with van der Waals surface area (Å²) in [7, 11) is 0. The lowest BCUT2D eigenvalue weighted by Crippen LogP contribution is -1.94. The minimum Gasteiger partial charge on any atom is -0.259 e. The zero-order chi connectivity index (χ0) is 10.7. The molecule has 0 unspecified atom stereocenters. The van der Waals surface area contributed by atoms with Crippen LogP contribution in [0.4, 0.5) is 0 Å². The third kappa shape index (κ3) is 2.88. The van der Waals surface area contributed by atoms with Crippen LogP contribution in [0.1, 0.15) is 12.6 Å². The first kappa shape index (κ1) is 11.3. The molecular weight excluding hydrogens is 316 g/mol. The van der Waals surface area contributed by atoms with E-state index in [9.17, 15) is 10.1 Å². The summed E-state index contributed by atoms with van der Waals surface area (Å²) in [6.45, 7) is 1.43. The van der Waals surface area contributed by atoms with Crippen LogP contribution >= 0.6 is 31.9 Å². The molecule has 1 aromatic rings. The van der Waals surface area contributed by atoms with Crippen LogP contribution in [0.15, 0.2) is 26.9 Å². The fourth-order valence-electron chi connectivity index (χ4n) is 0.782. The zero-order valence-electron chi connectivity index (χ0n) is 7.20. The quantitative estimate of drug-likeness (QED) is 0.620. The summed E-state index contributed by atoms with van der Waals surface area (Å²) < 4.78 is 1.54. The van der Waals surface area contributed by atoms with Crippen molar-refractivity contribution in [1.82, 2.24) is 4.98 Å². The van der Waals surface area contributed by atoms with Crippen molar-refractivity contribution in [3.8, 4) is 0 Å². The molecule has 74 valence electrons. The molecule has 0 aliphatic rings. The highest BCUT2D eigenvalue weighted by Gasteiger charge is 2.05. The van der Waals surface area contributed by atoms with Crippen LogP contribution in [-0.2, 0) is 0 Å². The van der Waals surface area contributed by atoms with Crippen LogP contribution in [0.3, 0.4) is 0 Å². The van der Waals surface area contributed by atoms with Crippen molar-refractivity contribution in [1.29, 1.82) is 0 Å². The van der Waals surface area contributed by atoms with Crippen molar-refractivity contribution in [2.75, 3.05) is 0 Å². The summed E-state index contributed by atoms with van der Waals surface area (Å²) >= 11 is 6.51. The smallest absolute Gasteiger partial charge is 0.245 e. The van der Waals surface area contributed by atoms with Crippen molar-refractivity contribution in [3.63, 3.8) is 0 Å². The standard InChI is InChI=1S/C8H6Br2N2O2/c1-5(12(13)14)2-8-7(10)3-6(9)4-11-8/h2-4H,1H3. The van der Waals surface area contributed by atoms with Crippen LogP contribution in [0.5, 0.6) is 0 Å². The van der Waals surface area contributed by atoms with E-state index in [0.29, 0.717) is 10.2 Å². The second-order valence-corrected chi connectivity index (χ2v) is 4.33. The lowest BCUT2D eigenvalue weighted by molar-refractivity contribution is -0.422. The highest BCUT2D eigenvalue weighted by atomic mass is 79.9. The maximum absolute atomic E-state index is 10.4. The molecule has 14 heavy (non-hydrogen) atoms.